The topological polar surface area (TPSA) is 259 Å². The molecule has 7 N–H and O–H groups in total. The average molecular weight is 658 g/mol. The average Bonchev–Trinajstić information content (AvgIpc) is 2.99. The fourth-order valence-electron chi connectivity index (χ4n) is 4.01. The molecule has 1 saturated heterocycles. The molecule has 0 aromatic carbocycles. The van der Waals surface area contributed by atoms with Gasteiger partial charge in [0.15, 0.2) is 0 Å². The molecule has 7 unspecified atom stereocenters. The van der Waals surface area contributed by atoms with E-state index in [-0.39, 0.29) is 39.5 Å². The predicted molar refractivity (Wildman–Crippen MR) is 149 cm³/mol. The Morgan fingerprint density at radius 1 is 1.02 bits per heavy atom. The number of nitrogens with one attached hydrogen (secondary N) is 3. The Morgan fingerprint density at radius 3 is 2.27 bits per heavy atom. The zero-order valence-corrected chi connectivity index (χ0v) is 25.9. The largest absolute Gasteiger partial charge is 0.447 e. The number of carbonyl (C=O) groups excluding carboxylic acids is 4. The fourth-order valence-corrected chi connectivity index (χ4v) is 4.01. The van der Waals surface area contributed by atoms with E-state index in [1.807, 2.05) is 0 Å². The standard InChI is InChI=1S/C26H47N3O16/c1-16(2)44-26(43-15-31)11-18(32)21(23(45-26)22(35)19(33)13-30)29-20(34)12-27-24(36)17(14-41-8-6-39-4)28-25(37)42-10-9-40-7-5-38-3/h15-19,21-23,30,32-33,35H,5-14H2,1-4H3,(H,27,36)(H,28,37)(H,29,34). The number of hydrogen-bond donors (Lipinski definition) is 7. The number of alkyl carbamates (subject to hydrolysis) is 1. The molecule has 7 atom stereocenters. The summed E-state index contributed by atoms with van der Waals surface area (Å²) in [5.41, 5.74) is 0. The van der Waals surface area contributed by atoms with Crippen LogP contribution in [-0.4, -0.2) is 167 Å². The second-order valence-electron chi connectivity index (χ2n) is 9.97. The van der Waals surface area contributed by atoms with E-state index in [1.54, 1.807) is 13.8 Å². The van der Waals surface area contributed by atoms with Gasteiger partial charge in [-0.3, -0.25) is 14.4 Å². The van der Waals surface area contributed by atoms with Crippen molar-refractivity contribution in [3.63, 3.8) is 0 Å². The van der Waals surface area contributed by atoms with Crippen molar-refractivity contribution in [3.8, 4) is 0 Å². The molecule has 19 heteroatoms. The fraction of sp³-hybridized carbons (Fsp3) is 0.846. The van der Waals surface area contributed by atoms with Crippen molar-refractivity contribution in [1.82, 2.24) is 16.0 Å². The molecule has 19 nitrogen and oxygen atoms in total. The van der Waals surface area contributed by atoms with Crippen molar-refractivity contribution < 1.29 is 77.5 Å². The monoisotopic (exact) mass is 657 g/mol. The third kappa shape index (κ3) is 14.9. The number of amides is 3. The van der Waals surface area contributed by atoms with Gasteiger partial charge in [0.05, 0.1) is 77.5 Å². The molecule has 0 spiro atoms. The number of rotatable bonds is 23. The quantitative estimate of drug-likeness (QED) is 0.0315. The highest BCUT2D eigenvalue weighted by molar-refractivity contribution is 5.89. The van der Waals surface area contributed by atoms with E-state index < -0.39 is 86.1 Å². The molecule has 0 aromatic rings. The zero-order chi connectivity index (χ0) is 33.8. The summed E-state index contributed by atoms with van der Waals surface area (Å²) in [7, 11) is 2.96. The van der Waals surface area contributed by atoms with Crippen molar-refractivity contribution in [2.24, 2.45) is 0 Å². The van der Waals surface area contributed by atoms with E-state index in [1.165, 1.54) is 14.2 Å². The molecule has 1 aliphatic heterocycles. The minimum atomic E-state index is -2.18. The van der Waals surface area contributed by atoms with Crippen LogP contribution >= 0.6 is 0 Å². The molecule has 0 saturated carbocycles. The Bertz CT molecular complexity index is 883. The summed E-state index contributed by atoms with van der Waals surface area (Å²) in [6.07, 6.45) is -8.96. The van der Waals surface area contributed by atoms with Crippen molar-refractivity contribution in [1.29, 1.82) is 0 Å². The summed E-state index contributed by atoms with van der Waals surface area (Å²) in [5.74, 6) is -3.89. The van der Waals surface area contributed by atoms with Crippen molar-refractivity contribution in [2.45, 2.75) is 68.8 Å². The smallest absolute Gasteiger partial charge is 0.407 e. The second-order valence-corrected chi connectivity index (χ2v) is 9.97. The van der Waals surface area contributed by atoms with E-state index in [0.29, 0.717) is 13.2 Å². The third-order valence-electron chi connectivity index (χ3n) is 6.07. The molecule has 262 valence electrons. The van der Waals surface area contributed by atoms with Crippen LogP contribution in [0, 0.1) is 0 Å². The summed E-state index contributed by atoms with van der Waals surface area (Å²) in [5, 5.41) is 48.0. The maximum absolute atomic E-state index is 12.9. The van der Waals surface area contributed by atoms with E-state index >= 15 is 0 Å². The van der Waals surface area contributed by atoms with E-state index in [4.69, 9.17) is 37.9 Å². The summed E-state index contributed by atoms with van der Waals surface area (Å²) in [6, 6.07) is -2.72. The SMILES string of the molecule is COCCOCCOC(=O)NC(COCCOC)C(=O)NCC(=O)NC1C(O)CC(OC=O)(OC(C)C)OC1C(O)C(O)CO. The molecular weight excluding hydrogens is 610 g/mol. The normalized spacial score (nSPS) is 23.4. The van der Waals surface area contributed by atoms with Crippen molar-refractivity contribution in [2.75, 3.05) is 73.6 Å². The summed E-state index contributed by atoms with van der Waals surface area (Å²) in [6.45, 7) is 2.24. The van der Waals surface area contributed by atoms with E-state index in [9.17, 15) is 39.6 Å². The van der Waals surface area contributed by atoms with Gasteiger partial charge in [-0.1, -0.05) is 0 Å². The Kier molecular flexibility index (Phi) is 19.6. The third-order valence-corrected chi connectivity index (χ3v) is 6.07. The molecule has 0 aliphatic carbocycles. The first-order valence-electron chi connectivity index (χ1n) is 14.2. The lowest BCUT2D eigenvalue weighted by Gasteiger charge is -2.47. The molecule has 0 bridgehead atoms. The number of aliphatic hydroxyl groups is 4. The molecule has 1 rings (SSSR count). The van der Waals surface area contributed by atoms with Gasteiger partial charge in [-0.15, -0.1) is 0 Å². The number of carbonyl (C=O) groups is 4. The Balaban J connectivity index is 2.89. The van der Waals surface area contributed by atoms with Gasteiger partial charge in [0, 0.05) is 14.2 Å². The van der Waals surface area contributed by atoms with Gasteiger partial charge < -0.3 is 74.3 Å². The van der Waals surface area contributed by atoms with Gasteiger partial charge >= 0.3 is 12.1 Å². The Hall–Kier alpha value is -2.72. The first-order chi connectivity index (χ1) is 21.4. The van der Waals surface area contributed by atoms with Gasteiger partial charge in [0.2, 0.25) is 11.8 Å². The van der Waals surface area contributed by atoms with Crippen LogP contribution in [0.15, 0.2) is 0 Å². The predicted octanol–water partition coefficient (Wildman–Crippen LogP) is -3.88. The van der Waals surface area contributed by atoms with Gasteiger partial charge in [-0.05, 0) is 13.8 Å². The van der Waals surface area contributed by atoms with Crippen LogP contribution in [0.1, 0.15) is 20.3 Å². The number of aliphatic hydroxyl groups excluding tert-OH is 4. The first kappa shape index (κ1) is 40.3. The Morgan fingerprint density at radius 2 is 1.67 bits per heavy atom. The minimum Gasteiger partial charge on any atom is -0.447 e. The molecule has 1 aliphatic rings. The minimum absolute atomic E-state index is 0.00545. The number of ether oxygens (including phenoxy) is 8. The van der Waals surface area contributed by atoms with Gasteiger partial charge in [-0.25, -0.2) is 4.79 Å². The number of hydrogen-bond acceptors (Lipinski definition) is 16. The van der Waals surface area contributed by atoms with Crippen LogP contribution in [0.2, 0.25) is 0 Å². The highest BCUT2D eigenvalue weighted by Gasteiger charge is 2.53. The maximum Gasteiger partial charge on any atom is 0.407 e. The maximum atomic E-state index is 12.9. The van der Waals surface area contributed by atoms with Crippen molar-refractivity contribution >= 4 is 24.4 Å². The molecule has 0 radical (unpaired) electrons. The van der Waals surface area contributed by atoms with E-state index in [0.717, 1.165) is 0 Å². The lowest BCUT2D eigenvalue weighted by Crippen LogP contribution is -2.67. The second kappa shape index (κ2) is 21.9. The summed E-state index contributed by atoms with van der Waals surface area (Å²) < 4.78 is 41.4. The number of methoxy groups -OCH3 is 2. The summed E-state index contributed by atoms with van der Waals surface area (Å²) >= 11 is 0. The van der Waals surface area contributed by atoms with Crippen LogP contribution < -0.4 is 16.0 Å². The van der Waals surface area contributed by atoms with Crippen molar-refractivity contribution in [3.05, 3.63) is 0 Å². The molecule has 1 heterocycles. The lowest BCUT2D eigenvalue weighted by molar-refractivity contribution is -0.417. The van der Waals surface area contributed by atoms with Gasteiger partial charge in [-0.2, -0.15) is 0 Å². The van der Waals surface area contributed by atoms with Crippen LogP contribution in [0.5, 0.6) is 0 Å². The molecule has 3 amide bonds. The molecular formula is C26H47N3O16. The molecule has 0 aromatic heterocycles. The van der Waals surface area contributed by atoms with Crippen LogP contribution in [-0.2, 0) is 52.3 Å². The Labute approximate surface area is 260 Å². The highest BCUT2D eigenvalue weighted by Crippen LogP contribution is 2.34. The van der Waals surface area contributed by atoms with Crippen LogP contribution in [0.25, 0.3) is 0 Å². The summed E-state index contributed by atoms with van der Waals surface area (Å²) in [4.78, 5) is 49.1. The molecule has 1 fully saturated rings. The lowest BCUT2D eigenvalue weighted by atomic mass is 9.91. The van der Waals surface area contributed by atoms with Crippen LogP contribution in [0.4, 0.5) is 4.79 Å². The highest BCUT2D eigenvalue weighted by atomic mass is 16.9. The van der Waals surface area contributed by atoms with Gasteiger partial charge in [0.25, 0.3) is 6.47 Å². The van der Waals surface area contributed by atoms with Crippen LogP contribution in [0.3, 0.4) is 0 Å². The first-order valence-corrected chi connectivity index (χ1v) is 14.2. The zero-order valence-electron chi connectivity index (χ0n) is 25.9. The molecule has 45 heavy (non-hydrogen) atoms. The van der Waals surface area contributed by atoms with E-state index in [2.05, 4.69) is 16.0 Å². The van der Waals surface area contributed by atoms with Gasteiger partial charge in [0.1, 0.15) is 31.0 Å².